The lowest BCUT2D eigenvalue weighted by Crippen LogP contribution is -2.47. The largest absolute Gasteiger partial charge is 0.497 e. The number of methoxy groups -OCH3 is 1. The number of nitrogens with zero attached hydrogens (tertiary/aromatic N) is 5. The Labute approximate surface area is 294 Å². The number of aryl methyl sites for hydroxylation is 1. The van der Waals surface area contributed by atoms with Crippen molar-refractivity contribution < 1.29 is 23.9 Å². The van der Waals surface area contributed by atoms with Crippen LogP contribution in [0.4, 0.5) is 10.5 Å². The van der Waals surface area contributed by atoms with Crippen LogP contribution in [0, 0.1) is 5.92 Å². The Balaban J connectivity index is 1.07. The van der Waals surface area contributed by atoms with Crippen LogP contribution in [0.15, 0.2) is 47.3 Å². The number of fused-ring (bicyclic) bond motifs is 1. The standard InChI is InChI=1S/C38H52N6O6/c1-38(2,3)50-36(47)39-28-18-21-41(22-19-28)20-15-26-16-23-42(24-17-26)30-7-6-8-31-34(30)40(4)37(48)44(31)32-13-14-33(45)43(35(32)46)25-27-9-11-29(49-5)12-10-27/h6-12,26,28,32H,13-25H2,1-5H3,(H,39,47). The molecule has 3 aliphatic rings. The van der Waals surface area contributed by atoms with Crippen molar-refractivity contribution in [3.05, 3.63) is 58.5 Å². The summed E-state index contributed by atoms with van der Waals surface area (Å²) in [7, 11) is 3.37. The zero-order valence-electron chi connectivity index (χ0n) is 30.2. The highest BCUT2D eigenvalue weighted by atomic mass is 16.6. The summed E-state index contributed by atoms with van der Waals surface area (Å²) in [5.74, 6) is 0.763. The lowest BCUT2D eigenvalue weighted by molar-refractivity contribution is -0.151. The molecule has 3 aliphatic heterocycles. The molecule has 1 atom stereocenters. The quantitative estimate of drug-likeness (QED) is 0.318. The van der Waals surface area contributed by atoms with Gasteiger partial charge in [-0.15, -0.1) is 0 Å². The molecule has 12 heteroatoms. The monoisotopic (exact) mass is 688 g/mol. The van der Waals surface area contributed by atoms with Crippen LogP contribution in [0.5, 0.6) is 5.75 Å². The SMILES string of the molecule is COc1ccc(CN2C(=O)CCC(n3c(=O)n(C)c4c(N5CCC(CCN6CCC(NC(=O)OC(C)(C)C)CC6)CC5)cccc43)C2=O)cc1. The van der Waals surface area contributed by atoms with Gasteiger partial charge in [0.25, 0.3) is 5.91 Å². The van der Waals surface area contributed by atoms with Crippen molar-refractivity contribution in [2.45, 2.75) is 89.9 Å². The van der Waals surface area contributed by atoms with Crippen molar-refractivity contribution >= 4 is 34.6 Å². The van der Waals surface area contributed by atoms with Crippen molar-refractivity contribution in [3.8, 4) is 5.75 Å². The number of imide groups is 1. The van der Waals surface area contributed by atoms with Crippen molar-refractivity contribution in [1.29, 1.82) is 0 Å². The number of benzene rings is 2. The second-order valence-electron chi connectivity index (χ2n) is 15.1. The molecule has 270 valence electrons. The van der Waals surface area contributed by atoms with Crippen molar-refractivity contribution in [2.24, 2.45) is 13.0 Å². The normalized spacial score (nSPS) is 20.1. The predicted molar refractivity (Wildman–Crippen MR) is 192 cm³/mol. The number of aromatic nitrogens is 2. The average Bonchev–Trinajstić information content (AvgIpc) is 3.35. The van der Waals surface area contributed by atoms with Crippen LogP contribution in [0.25, 0.3) is 11.0 Å². The highest BCUT2D eigenvalue weighted by Crippen LogP contribution is 2.34. The minimum absolute atomic E-state index is 0.154. The Morgan fingerprint density at radius 1 is 0.920 bits per heavy atom. The van der Waals surface area contributed by atoms with E-state index >= 15 is 0 Å². The minimum atomic E-state index is -0.749. The number of likely N-dealkylation sites (tertiary alicyclic amines) is 2. The molecule has 6 rings (SSSR count). The van der Waals surface area contributed by atoms with Gasteiger partial charge < -0.3 is 24.6 Å². The molecule has 0 bridgehead atoms. The van der Waals surface area contributed by atoms with Gasteiger partial charge in [0.15, 0.2) is 0 Å². The van der Waals surface area contributed by atoms with Gasteiger partial charge in [0.1, 0.15) is 17.4 Å². The fourth-order valence-electron chi connectivity index (χ4n) is 7.72. The molecular weight excluding hydrogens is 636 g/mol. The molecule has 4 heterocycles. The lowest BCUT2D eigenvalue weighted by Gasteiger charge is -2.36. The van der Waals surface area contributed by atoms with Gasteiger partial charge in [-0.3, -0.25) is 23.6 Å². The van der Waals surface area contributed by atoms with Crippen LogP contribution >= 0.6 is 0 Å². The van der Waals surface area contributed by atoms with Crippen LogP contribution in [0.1, 0.15) is 77.3 Å². The number of hydrogen-bond acceptors (Lipinski definition) is 8. The Morgan fingerprint density at radius 2 is 1.62 bits per heavy atom. The molecular formula is C38H52N6O6. The van der Waals surface area contributed by atoms with Crippen LogP contribution in [-0.2, 0) is 27.9 Å². The smallest absolute Gasteiger partial charge is 0.407 e. The molecule has 0 saturated carbocycles. The maximum absolute atomic E-state index is 13.8. The number of para-hydroxylation sites is 1. The summed E-state index contributed by atoms with van der Waals surface area (Å²) in [4.78, 5) is 58.9. The first-order valence-electron chi connectivity index (χ1n) is 18.1. The Morgan fingerprint density at radius 3 is 2.28 bits per heavy atom. The summed E-state index contributed by atoms with van der Waals surface area (Å²) in [6, 6.07) is 12.7. The first kappa shape index (κ1) is 35.5. The summed E-state index contributed by atoms with van der Waals surface area (Å²) in [6.07, 6.45) is 5.32. The van der Waals surface area contributed by atoms with Gasteiger partial charge in [0.2, 0.25) is 5.91 Å². The molecule has 0 aliphatic carbocycles. The van der Waals surface area contributed by atoms with E-state index in [1.54, 1.807) is 23.3 Å². The Hall–Kier alpha value is -4.32. The van der Waals surface area contributed by atoms with E-state index in [1.165, 1.54) is 4.90 Å². The molecule has 1 unspecified atom stereocenters. The molecule has 3 saturated heterocycles. The topological polar surface area (TPSA) is 118 Å². The number of imidazole rings is 1. The van der Waals surface area contributed by atoms with Gasteiger partial charge in [0.05, 0.1) is 30.4 Å². The van der Waals surface area contributed by atoms with Gasteiger partial charge in [0, 0.05) is 45.7 Å². The molecule has 0 spiro atoms. The van der Waals surface area contributed by atoms with E-state index in [0.717, 1.165) is 87.1 Å². The minimum Gasteiger partial charge on any atom is -0.497 e. The fraction of sp³-hybridized carbons (Fsp3) is 0.579. The number of anilines is 1. The van der Waals surface area contributed by atoms with Crippen LogP contribution in [0.3, 0.4) is 0 Å². The van der Waals surface area contributed by atoms with Gasteiger partial charge >= 0.3 is 11.8 Å². The lowest BCUT2D eigenvalue weighted by atomic mass is 9.92. The van der Waals surface area contributed by atoms with Crippen LogP contribution in [0.2, 0.25) is 0 Å². The second kappa shape index (κ2) is 14.9. The van der Waals surface area contributed by atoms with Gasteiger partial charge in [-0.05, 0) is 102 Å². The first-order valence-corrected chi connectivity index (χ1v) is 18.1. The first-order chi connectivity index (χ1) is 23.9. The van der Waals surface area contributed by atoms with E-state index in [4.69, 9.17) is 9.47 Å². The number of carbonyl (C=O) groups excluding carboxylic acids is 3. The Kier molecular flexibility index (Phi) is 10.6. The maximum Gasteiger partial charge on any atom is 0.407 e. The number of piperidine rings is 3. The molecule has 3 fully saturated rings. The third-order valence-electron chi connectivity index (χ3n) is 10.5. The Bertz CT molecular complexity index is 1740. The zero-order chi connectivity index (χ0) is 35.6. The van der Waals surface area contributed by atoms with Crippen molar-refractivity contribution in [1.82, 2.24) is 24.3 Å². The molecule has 0 radical (unpaired) electrons. The number of hydrogen-bond donors (Lipinski definition) is 1. The van der Waals surface area contributed by atoms with E-state index in [1.807, 2.05) is 57.2 Å². The molecule has 1 N–H and O–H groups in total. The van der Waals surface area contributed by atoms with Crippen molar-refractivity contribution in [2.75, 3.05) is 44.7 Å². The number of rotatable bonds is 9. The third-order valence-corrected chi connectivity index (χ3v) is 10.5. The van der Waals surface area contributed by atoms with Crippen LogP contribution in [-0.4, -0.2) is 88.3 Å². The average molecular weight is 689 g/mol. The van der Waals surface area contributed by atoms with E-state index in [0.29, 0.717) is 18.1 Å². The van der Waals surface area contributed by atoms with Crippen LogP contribution < -0.4 is 20.6 Å². The van der Waals surface area contributed by atoms with E-state index in [-0.39, 0.29) is 42.6 Å². The molecule has 2 aromatic carbocycles. The highest BCUT2D eigenvalue weighted by Gasteiger charge is 2.38. The molecule has 3 amide bonds. The molecule has 1 aromatic heterocycles. The molecule has 12 nitrogen and oxygen atoms in total. The highest BCUT2D eigenvalue weighted by molar-refractivity contribution is 6.00. The molecule has 3 aromatic rings. The number of amides is 3. The summed E-state index contributed by atoms with van der Waals surface area (Å²) in [6.45, 7) is 10.6. The number of ether oxygens (including phenoxy) is 2. The third kappa shape index (κ3) is 7.85. The molecule has 50 heavy (non-hydrogen) atoms. The van der Waals surface area contributed by atoms with Gasteiger partial charge in [-0.2, -0.15) is 0 Å². The second-order valence-corrected chi connectivity index (χ2v) is 15.1. The fourth-order valence-corrected chi connectivity index (χ4v) is 7.72. The predicted octanol–water partition coefficient (Wildman–Crippen LogP) is 4.83. The number of carbonyl (C=O) groups is 3. The number of alkyl carbamates (subject to hydrolysis) is 1. The summed E-state index contributed by atoms with van der Waals surface area (Å²) in [5.41, 5.74) is 2.64. The summed E-state index contributed by atoms with van der Waals surface area (Å²) >= 11 is 0. The van der Waals surface area contributed by atoms with E-state index < -0.39 is 11.6 Å². The summed E-state index contributed by atoms with van der Waals surface area (Å²) < 4.78 is 13.9. The maximum atomic E-state index is 13.8. The van der Waals surface area contributed by atoms with E-state index in [9.17, 15) is 19.2 Å². The van der Waals surface area contributed by atoms with E-state index in [2.05, 4.69) is 21.2 Å². The zero-order valence-corrected chi connectivity index (χ0v) is 30.2. The van der Waals surface area contributed by atoms with Gasteiger partial charge in [-0.1, -0.05) is 18.2 Å². The van der Waals surface area contributed by atoms with Gasteiger partial charge in [-0.25, -0.2) is 9.59 Å². The number of nitrogens with one attached hydrogen (secondary N) is 1. The van der Waals surface area contributed by atoms with Crippen molar-refractivity contribution in [3.63, 3.8) is 0 Å². The summed E-state index contributed by atoms with van der Waals surface area (Å²) in [5, 5.41) is 3.03.